The Morgan fingerprint density at radius 1 is 1.25 bits per heavy atom. The van der Waals surface area contributed by atoms with Crippen LogP contribution in [0.25, 0.3) is 0 Å². The summed E-state index contributed by atoms with van der Waals surface area (Å²) in [5.74, 6) is -0.538. The third-order valence-electron chi connectivity index (χ3n) is 2.04. The maximum Gasteiger partial charge on any atom is 0.263 e. The highest BCUT2D eigenvalue weighted by molar-refractivity contribution is 6.22. The third-order valence-corrected chi connectivity index (χ3v) is 2.04. The molecule has 1 aromatic heterocycles. The largest absolute Gasteiger partial charge is 0.484 e. The number of ether oxygens (including phenoxy) is 1. The Balaban J connectivity index is 2.38. The van der Waals surface area contributed by atoms with E-state index >= 15 is 0 Å². The molecule has 0 spiro atoms. The van der Waals surface area contributed by atoms with Crippen LogP contribution in [0.4, 0.5) is 0 Å². The van der Waals surface area contributed by atoms with Gasteiger partial charge in [0, 0.05) is 6.08 Å². The number of hydrogen-bond acceptors (Lipinski definition) is 4. The maximum atomic E-state index is 11.9. The van der Waals surface area contributed by atoms with Gasteiger partial charge in [-0.3, -0.25) is 9.59 Å². The van der Waals surface area contributed by atoms with Crippen LogP contribution in [0.2, 0.25) is 0 Å². The Hall–Kier alpha value is -1.84. The standard InChI is InChI=1S/C12H12O4/c1-12(2,3)16-9-6-8(13)7-4-5-15-11(7)10(9)14/h4-6H,1-3H3. The van der Waals surface area contributed by atoms with Crippen molar-refractivity contribution in [1.82, 2.24) is 0 Å². The SMILES string of the molecule is CC(C)(C)OC1=CC(=O)c2ccoc2C1=O. The second kappa shape index (κ2) is 3.33. The second-order valence-corrected chi connectivity index (χ2v) is 4.58. The van der Waals surface area contributed by atoms with Crippen molar-refractivity contribution in [3.05, 3.63) is 35.5 Å². The molecular weight excluding hydrogens is 208 g/mol. The molecule has 0 aliphatic heterocycles. The van der Waals surface area contributed by atoms with Crippen molar-refractivity contribution in [1.29, 1.82) is 0 Å². The van der Waals surface area contributed by atoms with Crippen molar-refractivity contribution in [2.75, 3.05) is 0 Å². The number of rotatable bonds is 1. The Labute approximate surface area is 92.9 Å². The fourth-order valence-electron chi connectivity index (χ4n) is 1.46. The topological polar surface area (TPSA) is 56.5 Å². The van der Waals surface area contributed by atoms with Gasteiger partial charge < -0.3 is 9.15 Å². The fraction of sp³-hybridized carbons (Fsp3) is 0.333. The lowest BCUT2D eigenvalue weighted by molar-refractivity contribution is 0.0408. The van der Waals surface area contributed by atoms with Crippen molar-refractivity contribution in [3.8, 4) is 0 Å². The predicted octanol–water partition coefficient (Wildman–Crippen LogP) is 2.36. The first kappa shape index (κ1) is 10.7. The van der Waals surface area contributed by atoms with Crippen molar-refractivity contribution in [2.24, 2.45) is 0 Å². The van der Waals surface area contributed by atoms with Gasteiger partial charge in [0.05, 0.1) is 11.8 Å². The minimum atomic E-state index is -0.522. The van der Waals surface area contributed by atoms with Crippen LogP contribution < -0.4 is 0 Å². The zero-order valence-corrected chi connectivity index (χ0v) is 9.37. The quantitative estimate of drug-likeness (QED) is 0.729. The molecule has 0 bridgehead atoms. The van der Waals surface area contributed by atoms with E-state index in [-0.39, 0.29) is 23.1 Å². The van der Waals surface area contributed by atoms with E-state index in [0.29, 0.717) is 5.56 Å². The number of allylic oxidation sites excluding steroid dienone is 2. The van der Waals surface area contributed by atoms with Gasteiger partial charge in [0.25, 0.3) is 5.78 Å². The van der Waals surface area contributed by atoms with Crippen molar-refractivity contribution < 1.29 is 18.7 Å². The Kier molecular flexibility index (Phi) is 2.22. The molecule has 0 N–H and O–H groups in total. The van der Waals surface area contributed by atoms with Crippen molar-refractivity contribution in [3.63, 3.8) is 0 Å². The maximum absolute atomic E-state index is 11.9. The van der Waals surface area contributed by atoms with Gasteiger partial charge >= 0.3 is 0 Å². The van der Waals surface area contributed by atoms with E-state index in [0.717, 1.165) is 0 Å². The van der Waals surface area contributed by atoms with Crippen molar-refractivity contribution in [2.45, 2.75) is 26.4 Å². The highest BCUT2D eigenvalue weighted by Crippen LogP contribution is 2.25. The summed E-state index contributed by atoms with van der Waals surface area (Å²) in [5, 5.41) is 0. The lowest BCUT2D eigenvalue weighted by atomic mass is 10.0. The van der Waals surface area contributed by atoms with Gasteiger partial charge in [-0.2, -0.15) is 0 Å². The van der Waals surface area contributed by atoms with Gasteiger partial charge in [0.15, 0.2) is 17.3 Å². The molecule has 4 nitrogen and oxygen atoms in total. The first-order valence-corrected chi connectivity index (χ1v) is 4.96. The fourth-order valence-corrected chi connectivity index (χ4v) is 1.46. The number of hydrogen-bond donors (Lipinski definition) is 0. The first-order valence-electron chi connectivity index (χ1n) is 4.96. The van der Waals surface area contributed by atoms with Gasteiger partial charge in [-0.15, -0.1) is 0 Å². The summed E-state index contributed by atoms with van der Waals surface area (Å²) in [6.45, 7) is 5.43. The van der Waals surface area contributed by atoms with Crippen LogP contribution in [0, 0.1) is 0 Å². The molecule has 84 valence electrons. The van der Waals surface area contributed by atoms with Crippen LogP contribution in [0.15, 0.2) is 28.6 Å². The highest BCUT2D eigenvalue weighted by atomic mass is 16.5. The summed E-state index contributed by atoms with van der Waals surface area (Å²) >= 11 is 0. The lowest BCUT2D eigenvalue weighted by Gasteiger charge is -2.23. The van der Waals surface area contributed by atoms with Crippen LogP contribution in [0.3, 0.4) is 0 Å². The number of fused-ring (bicyclic) bond motifs is 1. The molecule has 1 heterocycles. The molecule has 1 aliphatic rings. The van der Waals surface area contributed by atoms with Crippen LogP contribution in [0.1, 0.15) is 41.7 Å². The molecular formula is C12H12O4. The van der Waals surface area contributed by atoms with Gasteiger partial charge in [0.1, 0.15) is 5.60 Å². The van der Waals surface area contributed by atoms with E-state index in [1.165, 1.54) is 18.4 Å². The molecule has 0 radical (unpaired) electrons. The molecule has 2 rings (SSSR count). The Morgan fingerprint density at radius 3 is 2.56 bits per heavy atom. The highest BCUT2D eigenvalue weighted by Gasteiger charge is 2.31. The molecule has 4 heteroatoms. The summed E-state index contributed by atoms with van der Waals surface area (Å²) in [5.41, 5.74) is -0.224. The average molecular weight is 220 g/mol. The van der Waals surface area contributed by atoms with Gasteiger partial charge in [-0.25, -0.2) is 0 Å². The first-order chi connectivity index (χ1) is 7.38. The molecule has 0 unspecified atom stereocenters. The van der Waals surface area contributed by atoms with Crippen LogP contribution in [0.5, 0.6) is 0 Å². The summed E-state index contributed by atoms with van der Waals surface area (Å²) < 4.78 is 10.4. The summed E-state index contributed by atoms with van der Waals surface area (Å²) in [4.78, 5) is 23.5. The summed E-state index contributed by atoms with van der Waals surface area (Å²) in [7, 11) is 0. The molecule has 0 amide bonds. The molecule has 16 heavy (non-hydrogen) atoms. The van der Waals surface area contributed by atoms with E-state index in [1.807, 2.05) is 20.8 Å². The van der Waals surface area contributed by atoms with E-state index in [2.05, 4.69) is 0 Å². The van der Waals surface area contributed by atoms with Gasteiger partial charge in [-0.1, -0.05) is 0 Å². The molecule has 0 saturated heterocycles. The smallest absolute Gasteiger partial charge is 0.263 e. The van der Waals surface area contributed by atoms with Crippen LogP contribution in [-0.4, -0.2) is 17.2 Å². The van der Waals surface area contributed by atoms with E-state index in [4.69, 9.17) is 9.15 Å². The molecule has 1 aliphatic carbocycles. The Morgan fingerprint density at radius 2 is 1.94 bits per heavy atom. The minimum Gasteiger partial charge on any atom is -0.484 e. The normalized spacial score (nSPS) is 15.8. The molecule has 1 aromatic rings. The molecule has 0 saturated carbocycles. The molecule has 0 fully saturated rings. The predicted molar refractivity (Wildman–Crippen MR) is 56.3 cm³/mol. The Bertz CT molecular complexity index is 485. The molecule has 0 atom stereocenters. The van der Waals surface area contributed by atoms with Crippen LogP contribution in [-0.2, 0) is 4.74 Å². The minimum absolute atomic E-state index is 0.0416. The van der Waals surface area contributed by atoms with Gasteiger partial charge in [0.2, 0.25) is 0 Å². The van der Waals surface area contributed by atoms with Crippen LogP contribution >= 0.6 is 0 Å². The van der Waals surface area contributed by atoms with E-state index in [9.17, 15) is 9.59 Å². The average Bonchev–Trinajstić information content (AvgIpc) is 2.60. The number of ketones is 2. The molecule has 0 aromatic carbocycles. The number of Topliss-reactive ketones (excluding diaryl/α,β-unsaturated/α-hetero) is 1. The van der Waals surface area contributed by atoms with Gasteiger partial charge in [-0.05, 0) is 26.8 Å². The second-order valence-electron chi connectivity index (χ2n) is 4.58. The van der Waals surface area contributed by atoms with E-state index in [1.54, 1.807) is 0 Å². The summed E-state index contributed by atoms with van der Waals surface area (Å²) in [6.07, 6.45) is 2.54. The lowest BCUT2D eigenvalue weighted by Crippen LogP contribution is -2.25. The van der Waals surface area contributed by atoms with E-state index < -0.39 is 5.60 Å². The third kappa shape index (κ3) is 1.78. The zero-order valence-electron chi connectivity index (χ0n) is 9.37. The number of carbonyl (C=O) groups excluding carboxylic acids is 2. The number of carbonyl (C=O) groups is 2. The van der Waals surface area contributed by atoms with Crippen molar-refractivity contribution >= 4 is 11.6 Å². The summed E-state index contributed by atoms with van der Waals surface area (Å²) in [6, 6.07) is 1.49. The monoisotopic (exact) mass is 220 g/mol. The number of furan rings is 1. The zero-order chi connectivity index (χ0) is 11.9.